The highest BCUT2D eigenvalue weighted by atomic mass is 14.8. The molecule has 0 aromatic heterocycles. The largest absolute Gasteiger partial charge is 0.388 e. The Bertz CT molecular complexity index is 657. The summed E-state index contributed by atoms with van der Waals surface area (Å²) >= 11 is 0. The van der Waals surface area contributed by atoms with Gasteiger partial charge in [0.1, 0.15) is 0 Å². The molecule has 0 saturated heterocycles. The Labute approximate surface area is 155 Å². The van der Waals surface area contributed by atoms with Crippen molar-refractivity contribution in [1.29, 1.82) is 0 Å². The van der Waals surface area contributed by atoms with Crippen LogP contribution in [-0.2, 0) is 0 Å². The van der Waals surface area contributed by atoms with E-state index in [-0.39, 0.29) is 0 Å². The van der Waals surface area contributed by atoms with Crippen molar-refractivity contribution in [1.82, 2.24) is 5.32 Å². The summed E-state index contributed by atoms with van der Waals surface area (Å²) in [5.41, 5.74) is 8.04. The summed E-state index contributed by atoms with van der Waals surface area (Å²) in [5.74, 6) is 0.403. The van der Waals surface area contributed by atoms with Gasteiger partial charge >= 0.3 is 0 Å². The third kappa shape index (κ3) is 6.42. The van der Waals surface area contributed by atoms with Crippen LogP contribution in [0.5, 0.6) is 0 Å². The third-order valence-corrected chi connectivity index (χ3v) is 4.72. The fourth-order valence-corrected chi connectivity index (χ4v) is 3.11. The Morgan fingerprint density at radius 2 is 1.68 bits per heavy atom. The zero-order valence-electron chi connectivity index (χ0n) is 17.1. The van der Waals surface area contributed by atoms with E-state index >= 15 is 0 Å². The van der Waals surface area contributed by atoms with Gasteiger partial charge in [-0.1, -0.05) is 80.5 Å². The van der Waals surface area contributed by atoms with Gasteiger partial charge in [-0.05, 0) is 50.3 Å². The van der Waals surface area contributed by atoms with Gasteiger partial charge in [-0.3, -0.25) is 0 Å². The van der Waals surface area contributed by atoms with Gasteiger partial charge in [0.05, 0.1) is 0 Å². The Morgan fingerprint density at radius 3 is 2.20 bits per heavy atom. The van der Waals surface area contributed by atoms with Crippen LogP contribution in [0.3, 0.4) is 0 Å². The van der Waals surface area contributed by atoms with E-state index in [1.807, 2.05) is 7.05 Å². The maximum Gasteiger partial charge on any atom is 0.0326 e. The summed E-state index contributed by atoms with van der Waals surface area (Å²) < 4.78 is 0. The van der Waals surface area contributed by atoms with E-state index in [1.54, 1.807) is 0 Å². The van der Waals surface area contributed by atoms with E-state index in [2.05, 4.69) is 95.4 Å². The van der Waals surface area contributed by atoms with E-state index in [1.165, 1.54) is 33.6 Å². The monoisotopic (exact) mass is 337 g/mol. The number of allylic oxidation sites excluding steroid dienone is 7. The van der Waals surface area contributed by atoms with Crippen LogP contribution in [0.1, 0.15) is 65.9 Å². The molecule has 1 nitrogen and oxygen atoms in total. The molecule has 0 fully saturated rings. The lowest BCUT2D eigenvalue weighted by molar-refractivity contribution is 0.882. The molecule has 0 aliphatic rings. The number of likely N-dealkylation sites (N-methyl/N-ethyl adjacent to an activating group) is 1. The normalized spacial score (nSPS) is 15.7. The molecule has 0 heterocycles. The first kappa shape index (κ1) is 21.0. The molecular weight excluding hydrogens is 302 g/mol. The minimum Gasteiger partial charge on any atom is -0.388 e. The van der Waals surface area contributed by atoms with Gasteiger partial charge in [-0.2, -0.15) is 0 Å². The number of rotatable bonds is 8. The number of hydrogen-bond donors (Lipinski definition) is 1. The number of benzene rings is 1. The molecule has 1 unspecified atom stereocenters. The summed E-state index contributed by atoms with van der Waals surface area (Å²) in [4.78, 5) is 0. The van der Waals surface area contributed by atoms with E-state index in [0.29, 0.717) is 5.92 Å². The van der Waals surface area contributed by atoms with Crippen molar-refractivity contribution in [3.63, 3.8) is 0 Å². The van der Waals surface area contributed by atoms with Crippen molar-refractivity contribution < 1.29 is 0 Å². The second-order valence-corrected chi connectivity index (χ2v) is 6.71. The lowest BCUT2D eigenvalue weighted by Gasteiger charge is -2.18. The van der Waals surface area contributed by atoms with Crippen LogP contribution in [0.25, 0.3) is 0 Å². The molecule has 0 aliphatic carbocycles. The van der Waals surface area contributed by atoms with Gasteiger partial charge < -0.3 is 5.32 Å². The highest BCUT2D eigenvalue weighted by molar-refractivity contribution is 5.42. The number of hydrogen-bond acceptors (Lipinski definition) is 1. The van der Waals surface area contributed by atoms with E-state index in [0.717, 1.165) is 12.8 Å². The van der Waals surface area contributed by atoms with Crippen LogP contribution < -0.4 is 5.32 Å². The smallest absolute Gasteiger partial charge is 0.0326 e. The first-order valence-electron chi connectivity index (χ1n) is 9.43. The van der Waals surface area contributed by atoms with Crippen molar-refractivity contribution in [2.45, 2.75) is 60.3 Å². The molecule has 1 N–H and O–H groups in total. The highest BCUT2D eigenvalue weighted by Crippen LogP contribution is 2.29. The molecule has 0 aliphatic heterocycles. The lowest BCUT2D eigenvalue weighted by Crippen LogP contribution is -2.07. The Morgan fingerprint density at radius 1 is 1.04 bits per heavy atom. The van der Waals surface area contributed by atoms with Crippen molar-refractivity contribution in [2.24, 2.45) is 0 Å². The standard InChI is InChI=1S/C24H35N/c1-8-13-24(25-7)20(5)16-18(3)17-23(19(4)9-2)21(6)22-14-11-10-12-15-22/h10-17,21,25H,8-9H2,1-7H3/b18-17-,20-16+,23-19?,24-13-. The molecule has 1 rings (SSSR count). The van der Waals surface area contributed by atoms with Gasteiger partial charge in [0, 0.05) is 18.7 Å². The van der Waals surface area contributed by atoms with Crippen LogP contribution >= 0.6 is 0 Å². The number of nitrogens with one attached hydrogen (secondary N) is 1. The van der Waals surface area contributed by atoms with Gasteiger partial charge in [0.2, 0.25) is 0 Å². The van der Waals surface area contributed by atoms with Gasteiger partial charge in [-0.15, -0.1) is 0 Å². The molecule has 25 heavy (non-hydrogen) atoms. The fraction of sp³-hybridized carbons (Fsp3) is 0.417. The SMILES string of the molecule is CC/C=C(NC)/C(C)=C/C(C)=C\C(=C(C)CC)C(C)c1ccccc1. The molecule has 0 radical (unpaired) electrons. The molecule has 1 atom stereocenters. The van der Waals surface area contributed by atoms with Crippen molar-refractivity contribution in [2.75, 3.05) is 7.05 Å². The summed E-state index contributed by atoms with van der Waals surface area (Å²) in [6.07, 6.45) is 8.99. The molecule has 1 aromatic rings. The van der Waals surface area contributed by atoms with E-state index in [9.17, 15) is 0 Å². The van der Waals surface area contributed by atoms with E-state index < -0.39 is 0 Å². The molecular formula is C24H35N. The minimum atomic E-state index is 0.403. The second-order valence-electron chi connectivity index (χ2n) is 6.71. The average molecular weight is 338 g/mol. The lowest BCUT2D eigenvalue weighted by atomic mass is 9.87. The van der Waals surface area contributed by atoms with Gasteiger partial charge in [0.25, 0.3) is 0 Å². The predicted molar refractivity (Wildman–Crippen MR) is 113 cm³/mol. The van der Waals surface area contributed by atoms with Gasteiger partial charge in [0.15, 0.2) is 0 Å². The topological polar surface area (TPSA) is 12.0 Å². The summed E-state index contributed by atoms with van der Waals surface area (Å²) in [6.45, 7) is 13.3. The van der Waals surface area contributed by atoms with Crippen LogP contribution in [-0.4, -0.2) is 7.05 Å². The van der Waals surface area contributed by atoms with Gasteiger partial charge in [-0.25, -0.2) is 0 Å². The van der Waals surface area contributed by atoms with Crippen molar-refractivity contribution in [3.8, 4) is 0 Å². The predicted octanol–water partition coefficient (Wildman–Crippen LogP) is 6.92. The Balaban J connectivity index is 3.22. The maximum atomic E-state index is 3.30. The molecule has 0 saturated carbocycles. The average Bonchev–Trinajstić information content (AvgIpc) is 2.63. The Hall–Kier alpha value is -2.02. The molecule has 1 aromatic carbocycles. The van der Waals surface area contributed by atoms with E-state index in [4.69, 9.17) is 0 Å². The molecule has 136 valence electrons. The summed E-state index contributed by atoms with van der Waals surface area (Å²) in [5, 5.41) is 3.30. The second kappa shape index (κ2) is 10.8. The van der Waals surface area contributed by atoms with Crippen molar-refractivity contribution in [3.05, 3.63) is 82.1 Å². The Kier molecular flexibility index (Phi) is 9.05. The van der Waals surface area contributed by atoms with Crippen molar-refractivity contribution >= 4 is 0 Å². The van der Waals surface area contributed by atoms with Crippen LogP contribution in [0.2, 0.25) is 0 Å². The highest BCUT2D eigenvalue weighted by Gasteiger charge is 2.12. The zero-order valence-corrected chi connectivity index (χ0v) is 17.1. The van der Waals surface area contributed by atoms with Crippen LogP contribution in [0, 0.1) is 0 Å². The van der Waals surface area contributed by atoms with Crippen LogP contribution in [0.15, 0.2) is 76.5 Å². The third-order valence-electron chi connectivity index (χ3n) is 4.72. The first-order valence-corrected chi connectivity index (χ1v) is 9.43. The fourth-order valence-electron chi connectivity index (χ4n) is 3.11. The maximum absolute atomic E-state index is 3.30. The molecule has 0 bridgehead atoms. The summed E-state index contributed by atoms with van der Waals surface area (Å²) in [6, 6.07) is 10.8. The minimum absolute atomic E-state index is 0.403. The van der Waals surface area contributed by atoms with Crippen LogP contribution in [0.4, 0.5) is 0 Å². The molecule has 0 amide bonds. The molecule has 1 heteroatoms. The summed E-state index contributed by atoms with van der Waals surface area (Å²) in [7, 11) is 1.99. The zero-order chi connectivity index (χ0) is 18.8. The first-order chi connectivity index (χ1) is 11.9. The quantitative estimate of drug-likeness (QED) is 0.507. The molecule has 0 spiro atoms.